The van der Waals surface area contributed by atoms with E-state index in [1.165, 1.54) is 0 Å². The van der Waals surface area contributed by atoms with Crippen LogP contribution < -0.4 is 0 Å². The summed E-state index contributed by atoms with van der Waals surface area (Å²) in [5.74, 6) is 1.92. The van der Waals surface area contributed by atoms with Crippen LogP contribution in [0.3, 0.4) is 0 Å². The van der Waals surface area contributed by atoms with Gasteiger partial charge in [0, 0.05) is 7.05 Å². The highest BCUT2D eigenvalue weighted by Gasteiger charge is 2.06. The van der Waals surface area contributed by atoms with E-state index in [4.69, 9.17) is 4.42 Å². The number of halogens is 1. The molecule has 13 heavy (non-hydrogen) atoms. The second kappa shape index (κ2) is 3.38. The minimum atomic E-state index is 0.731. The highest BCUT2D eigenvalue weighted by molar-refractivity contribution is 9.10. The summed E-state index contributed by atoms with van der Waals surface area (Å²) in [4.78, 5) is 4.25. The van der Waals surface area contributed by atoms with Crippen molar-refractivity contribution in [2.24, 2.45) is 7.05 Å². The first-order chi connectivity index (χ1) is 6.27. The highest BCUT2D eigenvalue weighted by atomic mass is 79.9. The van der Waals surface area contributed by atoms with Gasteiger partial charge in [-0.15, -0.1) is 0 Å². The Bertz CT molecular complexity index is 392. The van der Waals surface area contributed by atoms with E-state index in [9.17, 15) is 0 Å². The Labute approximate surface area is 84.5 Å². The van der Waals surface area contributed by atoms with Gasteiger partial charge in [-0.05, 0) is 28.1 Å². The number of furan rings is 1. The molecule has 2 heterocycles. The van der Waals surface area contributed by atoms with Crippen molar-refractivity contribution in [2.75, 3.05) is 0 Å². The Morgan fingerprint density at radius 1 is 1.62 bits per heavy atom. The largest absolute Gasteiger partial charge is 0.469 e. The number of rotatable bonds is 2. The maximum absolute atomic E-state index is 5.23. The molecule has 0 aliphatic heterocycles. The van der Waals surface area contributed by atoms with Gasteiger partial charge in [-0.25, -0.2) is 4.98 Å². The molecule has 0 N–H and O–H groups in total. The summed E-state index contributed by atoms with van der Waals surface area (Å²) < 4.78 is 8.20. The number of nitrogens with zero attached hydrogens (tertiary/aromatic N) is 2. The third-order valence-electron chi connectivity index (χ3n) is 1.94. The lowest BCUT2D eigenvalue weighted by molar-refractivity contribution is 0.514. The number of hydrogen-bond acceptors (Lipinski definition) is 2. The van der Waals surface area contributed by atoms with Gasteiger partial charge >= 0.3 is 0 Å². The molecule has 0 aliphatic rings. The van der Waals surface area contributed by atoms with Crippen molar-refractivity contribution < 1.29 is 4.42 Å². The van der Waals surface area contributed by atoms with Gasteiger partial charge in [0.1, 0.15) is 16.2 Å². The first-order valence-electron chi connectivity index (χ1n) is 3.96. The molecule has 0 radical (unpaired) electrons. The normalized spacial score (nSPS) is 10.6. The first-order valence-corrected chi connectivity index (χ1v) is 4.75. The Morgan fingerprint density at radius 2 is 2.46 bits per heavy atom. The van der Waals surface area contributed by atoms with Crippen LogP contribution in [0.5, 0.6) is 0 Å². The van der Waals surface area contributed by atoms with E-state index >= 15 is 0 Å². The van der Waals surface area contributed by atoms with E-state index in [1.54, 1.807) is 12.5 Å². The van der Waals surface area contributed by atoms with Crippen LogP contribution in [0, 0.1) is 0 Å². The standard InChI is InChI=1S/C9H9BrN2O/c1-12-8(10)6-11-9(12)5-7-3-2-4-13-7/h2-4,6H,5H2,1H3. The Balaban J connectivity index is 2.24. The molecule has 0 spiro atoms. The average molecular weight is 241 g/mol. The van der Waals surface area contributed by atoms with Crippen molar-refractivity contribution in [1.82, 2.24) is 9.55 Å². The molecular weight excluding hydrogens is 232 g/mol. The minimum Gasteiger partial charge on any atom is -0.469 e. The second-order valence-corrected chi connectivity index (χ2v) is 3.62. The fourth-order valence-electron chi connectivity index (χ4n) is 1.16. The van der Waals surface area contributed by atoms with Gasteiger partial charge in [-0.1, -0.05) is 0 Å². The monoisotopic (exact) mass is 240 g/mol. The summed E-state index contributed by atoms with van der Waals surface area (Å²) in [6.45, 7) is 0. The molecule has 0 saturated heterocycles. The van der Waals surface area contributed by atoms with Crippen LogP contribution in [-0.4, -0.2) is 9.55 Å². The fourth-order valence-corrected chi connectivity index (χ4v) is 1.46. The Kier molecular flexibility index (Phi) is 2.22. The zero-order valence-electron chi connectivity index (χ0n) is 7.20. The molecule has 2 aromatic rings. The molecule has 0 aromatic carbocycles. The third kappa shape index (κ3) is 1.67. The lowest BCUT2D eigenvalue weighted by Gasteiger charge is -1.99. The zero-order valence-corrected chi connectivity index (χ0v) is 8.78. The molecule has 0 aliphatic carbocycles. The van der Waals surface area contributed by atoms with Crippen molar-refractivity contribution in [3.8, 4) is 0 Å². The van der Waals surface area contributed by atoms with Gasteiger partial charge in [-0.3, -0.25) is 0 Å². The number of imidazole rings is 1. The third-order valence-corrected chi connectivity index (χ3v) is 2.68. The van der Waals surface area contributed by atoms with E-state index in [1.807, 2.05) is 23.7 Å². The summed E-state index contributed by atoms with van der Waals surface area (Å²) in [6.07, 6.45) is 4.20. The number of hydrogen-bond donors (Lipinski definition) is 0. The molecule has 0 saturated carbocycles. The predicted molar refractivity (Wildman–Crippen MR) is 52.4 cm³/mol. The lowest BCUT2D eigenvalue weighted by Crippen LogP contribution is -1.98. The summed E-state index contributed by atoms with van der Waals surface area (Å²) in [5, 5.41) is 0. The van der Waals surface area contributed by atoms with Gasteiger partial charge in [-0.2, -0.15) is 0 Å². The molecule has 0 amide bonds. The van der Waals surface area contributed by atoms with E-state index < -0.39 is 0 Å². The first kappa shape index (κ1) is 8.56. The molecule has 0 bridgehead atoms. The zero-order chi connectivity index (χ0) is 9.26. The van der Waals surface area contributed by atoms with Crippen LogP contribution in [0.25, 0.3) is 0 Å². The maximum atomic E-state index is 5.23. The maximum Gasteiger partial charge on any atom is 0.116 e. The molecule has 0 fully saturated rings. The van der Waals surface area contributed by atoms with Crippen LogP contribution in [-0.2, 0) is 13.5 Å². The van der Waals surface area contributed by atoms with Crippen LogP contribution in [0.2, 0.25) is 0 Å². The van der Waals surface area contributed by atoms with Crippen molar-refractivity contribution >= 4 is 15.9 Å². The summed E-state index contributed by atoms with van der Waals surface area (Å²) in [5.41, 5.74) is 0. The molecule has 0 atom stereocenters. The quantitative estimate of drug-likeness (QED) is 0.808. The molecule has 2 rings (SSSR count). The van der Waals surface area contributed by atoms with Crippen molar-refractivity contribution in [1.29, 1.82) is 0 Å². The van der Waals surface area contributed by atoms with Crippen molar-refractivity contribution in [3.05, 3.63) is 40.8 Å². The van der Waals surface area contributed by atoms with Gasteiger partial charge in [0.05, 0.1) is 18.9 Å². The van der Waals surface area contributed by atoms with E-state index in [0.717, 1.165) is 22.6 Å². The van der Waals surface area contributed by atoms with Gasteiger partial charge in [0.15, 0.2) is 0 Å². The summed E-state index contributed by atoms with van der Waals surface area (Å²) >= 11 is 3.39. The van der Waals surface area contributed by atoms with E-state index in [-0.39, 0.29) is 0 Å². The molecule has 3 nitrogen and oxygen atoms in total. The van der Waals surface area contributed by atoms with Gasteiger partial charge < -0.3 is 8.98 Å². The minimum absolute atomic E-state index is 0.731. The molecule has 68 valence electrons. The fraction of sp³-hybridized carbons (Fsp3) is 0.222. The van der Waals surface area contributed by atoms with E-state index in [2.05, 4.69) is 20.9 Å². The van der Waals surface area contributed by atoms with Gasteiger partial charge in [0.25, 0.3) is 0 Å². The Hall–Kier alpha value is -1.03. The topological polar surface area (TPSA) is 31.0 Å². The van der Waals surface area contributed by atoms with Gasteiger partial charge in [0.2, 0.25) is 0 Å². The van der Waals surface area contributed by atoms with Crippen LogP contribution in [0.1, 0.15) is 11.6 Å². The van der Waals surface area contributed by atoms with Crippen LogP contribution in [0.4, 0.5) is 0 Å². The van der Waals surface area contributed by atoms with E-state index in [0.29, 0.717) is 0 Å². The second-order valence-electron chi connectivity index (χ2n) is 2.81. The van der Waals surface area contributed by atoms with Crippen LogP contribution >= 0.6 is 15.9 Å². The summed E-state index contributed by atoms with van der Waals surface area (Å²) in [7, 11) is 1.97. The molecule has 4 heteroatoms. The molecular formula is C9H9BrN2O. The average Bonchev–Trinajstić information content (AvgIpc) is 2.71. The smallest absolute Gasteiger partial charge is 0.116 e. The number of aromatic nitrogens is 2. The van der Waals surface area contributed by atoms with Crippen molar-refractivity contribution in [2.45, 2.75) is 6.42 Å². The van der Waals surface area contributed by atoms with Crippen LogP contribution in [0.15, 0.2) is 33.6 Å². The lowest BCUT2D eigenvalue weighted by atomic mass is 10.3. The Morgan fingerprint density at radius 3 is 3.00 bits per heavy atom. The predicted octanol–water partition coefficient (Wildman–Crippen LogP) is 2.37. The molecule has 2 aromatic heterocycles. The highest BCUT2D eigenvalue weighted by Crippen LogP contribution is 2.13. The molecule has 0 unspecified atom stereocenters. The SMILES string of the molecule is Cn1c(Br)cnc1Cc1ccco1. The van der Waals surface area contributed by atoms with Crippen molar-refractivity contribution in [3.63, 3.8) is 0 Å². The summed E-state index contributed by atoms with van der Waals surface area (Å²) in [6, 6.07) is 3.83.